The molecule has 2 aromatic heterocycles. The van der Waals surface area contributed by atoms with Crippen molar-refractivity contribution >= 4 is 42.4 Å². The largest absolute Gasteiger partial charge is 0.507 e. The van der Waals surface area contributed by atoms with Crippen LogP contribution in [0.1, 0.15) is 17.8 Å². The zero-order valence-corrected chi connectivity index (χ0v) is 25.6. The van der Waals surface area contributed by atoms with E-state index in [4.69, 9.17) is 25.0 Å². The molecule has 0 atom stereocenters. The summed E-state index contributed by atoms with van der Waals surface area (Å²) in [7, 11) is 0. The molecule has 9 rings (SSSR count). The first kappa shape index (κ1) is 17.7. The van der Waals surface area contributed by atoms with E-state index in [1.807, 2.05) is 78.9 Å². The van der Waals surface area contributed by atoms with E-state index in [0.29, 0.717) is 21.5 Å². The molecule has 0 radical (unpaired) electrons. The number of hydrogen-bond acceptors (Lipinski definition) is 4. The molecule has 3 nitrogen and oxygen atoms in total. The molecule has 0 aliphatic heterocycles. The molecule has 0 fully saturated rings. The lowest BCUT2D eigenvalue weighted by Crippen LogP contribution is -1.96. The molecule has 0 spiro atoms. The van der Waals surface area contributed by atoms with Crippen LogP contribution in [0, 0.1) is 0 Å². The lowest BCUT2D eigenvalue weighted by atomic mass is 9.91. The number of para-hydroxylation sites is 1. The van der Waals surface area contributed by atoms with Crippen molar-refractivity contribution in [3.05, 3.63) is 163 Å². The molecule has 9 aromatic rings. The number of hydrogen-bond donors (Lipinski definition) is 1. The van der Waals surface area contributed by atoms with E-state index >= 15 is 0 Å². The van der Waals surface area contributed by atoms with E-state index < -0.39 is 95.4 Å². The van der Waals surface area contributed by atoms with Crippen molar-refractivity contribution in [1.29, 1.82) is 0 Å². The Labute approximate surface area is 300 Å². The van der Waals surface area contributed by atoms with Gasteiger partial charge in [0.15, 0.2) is 5.82 Å². The standard InChI is InChI=1S/C44H28N2OS/c47-39-20-9-7-16-34(39)32-26-37-33(30-14-5-2-6-15-30)18-11-19-35(37)38(27-32)44-45-41(43-42(46-44)36-17-8-10-21-40(36)48-43)31-24-22-29(23-25-31)28-12-3-1-4-13-28/h1-27,47H/i2D,5D,6D,7D,9D,11D,14D,15D,16D,18D,19D,20D,27D. The highest BCUT2D eigenvalue weighted by atomic mass is 32.1. The molecular formula is C44H28N2OS. The van der Waals surface area contributed by atoms with E-state index in [0.717, 1.165) is 21.2 Å². The molecular weight excluding hydrogens is 605 g/mol. The quantitative estimate of drug-likeness (QED) is 0.203. The topological polar surface area (TPSA) is 46.0 Å². The zero-order valence-electron chi connectivity index (χ0n) is 37.8. The predicted octanol–water partition coefficient (Wildman–Crippen LogP) is 12.0. The lowest BCUT2D eigenvalue weighted by molar-refractivity contribution is 0.477. The third-order valence-electron chi connectivity index (χ3n) is 8.11. The van der Waals surface area contributed by atoms with Gasteiger partial charge in [0.1, 0.15) is 5.75 Å². The summed E-state index contributed by atoms with van der Waals surface area (Å²) in [6, 6.07) is 17.2. The number of fused-ring (bicyclic) bond motifs is 4. The Bertz CT molecular complexity index is 3300. The summed E-state index contributed by atoms with van der Waals surface area (Å²) in [6.45, 7) is 0. The third-order valence-corrected chi connectivity index (χ3v) is 9.27. The van der Waals surface area contributed by atoms with Crippen LogP contribution in [-0.2, 0) is 0 Å². The van der Waals surface area contributed by atoms with Gasteiger partial charge in [-0.3, -0.25) is 0 Å². The number of phenolic OH excluding ortho intramolecular Hbond substituents is 1. The third kappa shape index (κ3) is 4.82. The van der Waals surface area contributed by atoms with E-state index in [2.05, 4.69) is 0 Å². The Kier molecular flexibility index (Phi) is 4.28. The molecule has 0 bridgehead atoms. The van der Waals surface area contributed by atoms with E-state index in [-0.39, 0.29) is 33.3 Å². The molecule has 48 heavy (non-hydrogen) atoms. The van der Waals surface area contributed by atoms with Crippen LogP contribution < -0.4 is 0 Å². The summed E-state index contributed by atoms with van der Waals surface area (Å²) in [5, 5.41) is 11.8. The van der Waals surface area contributed by atoms with Gasteiger partial charge < -0.3 is 5.11 Å². The molecule has 2 heterocycles. The van der Waals surface area contributed by atoms with Gasteiger partial charge in [0.05, 0.1) is 33.7 Å². The van der Waals surface area contributed by atoms with Crippen molar-refractivity contribution in [3.63, 3.8) is 0 Å². The monoisotopic (exact) mass is 645 g/mol. The van der Waals surface area contributed by atoms with Crippen molar-refractivity contribution in [2.75, 3.05) is 0 Å². The molecule has 0 saturated carbocycles. The van der Waals surface area contributed by atoms with Gasteiger partial charge in [0.2, 0.25) is 0 Å². The van der Waals surface area contributed by atoms with E-state index in [1.54, 1.807) is 0 Å². The molecule has 4 heteroatoms. The highest BCUT2D eigenvalue weighted by Crippen LogP contribution is 2.43. The zero-order chi connectivity index (χ0) is 43.3. The molecule has 0 aliphatic rings. The van der Waals surface area contributed by atoms with Crippen molar-refractivity contribution in [3.8, 4) is 61.8 Å². The molecule has 0 unspecified atom stereocenters. The Morgan fingerprint density at radius 1 is 0.521 bits per heavy atom. The van der Waals surface area contributed by atoms with Crippen molar-refractivity contribution < 1.29 is 22.9 Å². The van der Waals surface area contributed by atoms with Crippen LogP contribution in [-0.4, -0.2) is 15.1 Å². The van der Waals surface area contributed by atoms with Crippen LogP contribution in [0.5, 0.6) is 5.75 Å². The summed E-state index contributed by atoms with van der Waals surface area (Å²) in [5.74, 6) is -1.05. The smallest absolute Gasteiger partial charge is 0.161 e. The van der Waals surface area contributed by atoms with Crippen LogP contribution in [0.2, 0.25) is 0 Å². The van der Waals surface area contributed by atoms with Gasteiger partial charge in [-0.05, 0) is 62.8 Å². The summed E-state index contributed by atoms with van der Waals surface area (Å²) in [4.78, 5) is 10.1. The Hall–Kier alpha value is -6.10. The van der Waals surface area contributed by atoms with Crippen LogP contribution in [0.3, 0.4) is 0 Å². The van der Waals surface area contributed by atoms with Crippen LogP contribution in [0.25, 0.3) is 87.1 Å². The van der Waals surface area contributed by atoms with E-state index in [9.17, 15) is 7.85 Å². The first-order valence-electron chi connectivity index (χ1n) is 21.4. The van der Waals surface area contributed by atoms with Gasteiger partial charge >= 0.3 is 0 Å². The minimum absolute atomic E-state index is 0.145. The van der Waals surface area contributed by atoms with Crippen molar-refractivity contribution in [2.24, 2.45) is 0 Å². The highest BCUT2D eigenvalue weighted by Gasteiger charge is 2.20. The molecule has 0 amide bonds. The maximum Gasteiger partial charge on any atom is 0.161 e. The Balaban J connectivity index is 1.47. The highest BCUT2D eigenvalue weighted by molar-refractivity contribution is 7.26. The van der Waals surface area contributed by atoms with Gasteiger partial charge in [-0.15, -0.1) is 11.3 Å². The second kappa shape index (κ2) is 11.6. The molecule has 226 valence electrons. The summed E-state index contributed by atoms with van der Waals surface area (Å²) in [5.41, 5.74) is 1.66. The van der Waals surface area contributed by atoms with Crippen molar-refractivity contribution in [1.82, 2.24) is 9.97 Å². The minimum atomic E-state index is -0.900. The van der Waals surface area contributed by atoms with Gasteiger partial charge in [0, 0.05) is 26.8 Å². The number of aromatic nitrogens is 2. The van der Waals surface area contributed by atoms with Gasteiger partial charge in [-0.2, -0.15) is 0 Å². The number of aromatic hydroxyl groups is 1. The second-order valence-electron chi connectivity index (χ2n) is 10.9. The number of thiophene rings is 1. The first-order chi connectivity index (χ1) is 29.1. The average Bonchev–Trinajstić information content (AvgIpc) is 3.65. The van der Waals surface area contributed by atoms with E-state index in [1.165, 1.54) is 17.4 Å². The SMILES string of the molecule is [2H]c1c([2H])c([2H])c(-c2c([2H])c([2H])c([2H])c3c(-c4nc(-c5ccc(-c6ccccc6)cc5)c5sc6ccccc6c5n4)c([2H])c(-c4c([2H])c([2H])c([2H])c([2H])c4O)cc23)c([2H])c1[2H]. The van der Waals surface area contributed by atoms with Gasteiger partial charge in [0.25, 0.3) is 0 Å². The lowest BCUT2D eigenvalue weighted by Gasteiger charge is -2.15. The maximum absolute atomic E-state index is 11.4. The molecule has 0 aliphatic carbocycles. The summed E-state index contributed by atoms with van der Waals surface area (Å²) >= 11 is 1.44. The molecule has 1 N–H and O–H groups in total. The molecule has 7 aromatic carbocycles. The Morgan fingerprint density at radius 2 is 1.23 bits per heavy atom. The Morgan fingerprint density at radius 3 is 2.08 bits per heavy atom. The normalized spacial score (nSPS) is 15.2. The predicted molar refractivity (Wildman–Crippen MR) is 201 cm³/mol. The average molecular weight is 646 g/mol. The van der Waals surface area contributed by atoms with Gasteiger partial charge in [-0.1, -0.05) is 139 Å². The fourth-order valence-electron chi connectivity index (χ4n) is 5.86. The number of benzene rings is 7. The summed E-state index contributed by atoms with van der Waals surface area (Å²) in [6.07, 6.45) is 0. The van der Waals surface area contributed by atoms with Gasteiger partial charge in [-0.25, -0.2) is 9.97 Å². The first-order valence-corrected chi connectivity index (χ1v) is 15.7. The van der Waals surface area contributed by atoms with Crippen LogP contribution in [0.15, 0.2) is 163 Å². The number of nitrogens with zero attached hydrogens (tertiary/aromatic N) is 2. The number of phenols is 1. The minimum Gasteiger partial charge on any atom is -0.507 e. The second-order valence-corrected chi connectivity index (χ2v) is 12.0. The fourth-order valence-corrected chi connectivity index (χ4v) is 7.01. The summed E-state index contributed by atoms with van der Waals surface area (Å²) < 4.78 is 116. The molecule has 0 saturated heterocycles. The maximum atomic E-state index is 11.4. The van der Waals surface area contributed by atoms with Crippen LogP contribution in [0.4, 0.5) is 0 Å². The van der Waals surface area contributed by atoms with Crippen molar-refractivity contribution in [2.45, 2.75) is 0 Å². The van der Waals surface area contributed by atoms with Crippen LogP contribution >= 0.6 is 11.3 Å². The number of rotatable bonds is 5. The fraction of sp³-hybridized carbons (Fsp3) is 0.